The van der Waals surface area contributed by atoms with Gasteiger partial charge in [0.25, 0.3) is 13.8 Å². The average Bonchev–Trinajstić information content (AvgIpc) is 2.49. The molecule has 0 aliphatic carbocycles. The SMILES string of the molecule is CN(C)S(=O)(=O)C(S(=O)(=O)N(C)C)S(=O)(=O)C(F)(F)C(F)(F)C(F)(F)N(C(F)(F)F)C(F)(F)F. The lowest BCUT2D eigenvalue weighted by molar-refractivity contribution is -0.478. The highest BCUT2D eigenvalue weighted by atomic mass is 32.3. The van der Waals surface area contributed by atoms with Crippen LogP contribution in [-0.4, -0.2) is 101 Å². The van der Waals surface area contributed by atoms with Gasteiger partial charge in [0.05, 0.1) is 0 Å². The van der Waals surface area contributed by atoms with Crippen molar-refractivity contribution < 1.29 is 77.9 Å². The topological polar surface area (TPSA) is 112 Å². The van der Waals surface area contributed by atoms with Gasteiger partial charge in [0.1, 0.15) is 0 Å². The Kier molecular flexibility index (Phi) is 8.49. The molecule has 0 aromatic rings. The first-order valence-corrected chi connectivity index (χ1v) is 12.1. The number of hydrogen-bond acceptors (Lipinski definition) is 7. The number of sulfonamides is 2. The summed E-state index contributed by atoms with van der Waals surface area (Å²) in [6.07, 6.45) is -15.1. The van der Waals surface area contributed by atoms with Gasteiger partial charge in [0, 0.05) is 28.2 Å². The van der Waals surface area contributed by atoms with Crippen LogP contribution < -0.4 is 0 Å². The zero-order valence-electron chi connectivity index (χ0n) is 16.6. The van der Waals surface area contributed by atoms with E-state index in [1.807, 2.05) is 0 Å². The molecule has 0 aliphatic rings. The molecule has 0 saturated carbocycles. The van der Waals surface area contributed by atoms with Crippen molar-refractivity contribution in [2.75, 3.05) is 28.2 Å². The Morgan fingerprint density at radius 3 is 1.03 bits per heavy atom. The van der Waals surface area contributed by atoms with Crippen LogP contribution in [0, 0.1) is 0 Å². The van der Waals surface area contributed by atoms with Crippen LogP contribution in [0.25, 0.3) is 0 Å². The van der Waals surface area contributed by atoms with Gasteiger partial charge in [-0.15, -0.1) is 0 Å². The largest absolute Gasteiger partial charge is 0.472 e. The van der Waals surface area contributed by atoms with E-state index in [-0.39, 0.29) is 28.2 Å². The number of rotatable bonds is 9. The number of halogens is 12. The normalized spacial score (nSPS) is 16.2. The van der Waals surface area contributed by atoms with Gasteiger partial charge in [0.15, 0.2) is 0 Å². The Morgan fingerprint density at radius 2 is 0.824 bits per heavy atom. The molecule has 0 rings (SSSR count). The third-order valence-corrected chi connectivity index (χ3v) is 12.6. The molecule has 9 nitrogen and oxygen atoms in total. The molecule has 0 unspecified atom stereocenters. The molecule has 0 atom stereocenters. The van der Waals surface area contributed by atoms with E-state index in [9.17, 15) is 77.9 Å². The molecule has 0 heterocycles. The number of sulfone groups is 1. The molecule has 0 spiro atoms. The van der Waals surface area contributed by atoms with Crippen molar-refractivity contribution in [2.45, 2.75) is 33.7 Å². The van der Waals surface area contributed by atoms with Crippen molar-refractivity contribution in [3.63, 3.8) is 0 Å². The molecule has 206 valence electrons. The van der Waals surface area contributed by atoms with Crippen molar-refractivity contribution in [1.29, 1.82) is 0 Å². The first kappa shape index (κ1) is 32.9. The van der Waals surface area contributed by atoms with Crippen LogP contribution in [0.1, 0.15) is 0 Å². The second-order valence-corrected chi connectivity index (χ2v) is 13.8. The minimum Gasteiger partial charge on any atom is -0.220 e. The molecular weight excluding hydrogens is 582 g/mol. The first-order valence-electron chi connectivity index (χ1n) is 7.50. The molecule has 0 aromatic heterocycles. The van der Waals surface area contributed by atoms with Crippen molar-refractivity contribution in [3.8, 4) is 0 Å². The summed E-state index contributed by atoms with van der Waals surface area (Å²) < 4.78 is 226. The minimum atomic E-state index is -8.23. The third kappa shape index (κ3) is 5.05. The van der Waals surface area contributed by atoms with Crippen LogP contribution in [0.5, 0.6) is 0 Å². The fraction of sp³-hybridized carbons (Fsp3) is 1.00. The lowest BCUT2D eigenvalue weighted by Gasteiger charge is -2.40. The van der Waals surface area contributed by atoms with E-state index < -0.39 is 77.1 Å². The van der Waals surface area contributed by atoms with Gasteiger partial charge < -0.3 is 0 Å². The van der Waals surface area contributed by atoms with Gasteiger partial charge >= 0.3 is 29.8 Å². The Morgan fingerprint density at radius 1 is 0.559 bits per heavy atom. The standard InChI is InChI=1S/C10H13F12N3O6S3/c1-23(2)33(28,29)5(34(30,31)24(3)4)32(26,27)8(15,16)6(11,12)7(13,14)25(9(17,18)19)10(20,21)22/h5H,1-4H3. The van der Waals surface area contributed by atoms with E-state index in [4.69, 9.17) is 0 Å². The maximum absolute atomic E-state index is 14.3. The van der Waals surface area contributed by atoms with E-state index in [1.54, 1.807) is 0 Å². The van der Waals surface area contributed by atoms with Crippen molar-refractivity contribution in [1.82, 2.24) is 13.5 Å². The molecule has 0 radical (unpaired) electrons. The Labute approximate surface area is 183 Å². The van der Waals surface area contributed by atoms with Crippen LogP contribution >= 0.6 is 0 Å². The smallest absolute Gasteiger partial charge is 0.220 e. The number of alkyl halides is 12. The molecule has 0 bridgehead atoms. The van der Waals surface area contributed by atoms with Gasteiger partial charge in [-0.2, -0.15) is 52.7 Å². The zero-order valence-corrected chi connectivity index (χ0v) is 19.1. The maximum Gasteiger partial charge on any atom is 0.472 e. The summed E-state index contributed by atoms with van der Waals surface area (Å²) in [5, 5.41) is -7.87. The Balaban J connectivity index is 7.52. The van der Waals surface area contributed by atoms with Gasteiger partial charge in [-0.3, -0.25) is 0 Å². The summed E-state index contributed by atoms with van der Waals surface area (Å²) >= 11 is 0. The van der Waals surface area contributed by atoms with E-state index in [2.05, 4.69) is 0 Å². The summed E-state index contributed by atoms with van der Waals surface area (Å²) in [4.78, 5) is -4.35. The highest BCUT2D eigenvalue weighted by molar-refractivity contribution is 8.23. The molecule has 0 fully saturated rings. The fourth-order valence-electron chi connectivity index (χ4n) is 1.90. The summed E-state index contributed by atoms with van der Waals surface area (Å²) in [5.41, 5.74) is 0. The van der Waals surface area contributed by atoms with Crippen molar-refractivity contribution in [2.24, 2.45) is 0 Å². The molecule has 0 aliphatic heterocycles. The molecule has 0 amide bonds. The zero-order chi connectivity index (χ0) is 28.3. The maximum atomic E-state index is 14.3. The summed E-state index contributed by atoms with van der Waals surface area (Å²) in [6.45, 7) is 0. The van der Waals surface area contributed by atoms with E-state index in [0.717, 1.165) is 0 Å². The van der Waals surface area contributed by atoms with Crippen LogP contribution in [0.2, 0.25) is 0 Å². The summed E-state index contributed by atoms with van der Waals surface area (Å²) in [5.74, 6) is -8.23. The van der Waals surface area contributed by atoms with E-state index in [0.29, 0.717) is 0 Å². The van der Waals surface area contributed by atoms with Crippen LogP contribution in [0.4, 0.5) is 52.7 Å². The number of nitrogens with zero attached hydrogens (tertiary/aromatic N) is 3. The predicted octanol–water partition coefficient (Wildman–Crippen LogP) is 1.63. The highest BCUT2D eigenvalue weighted by Gasteiger charge is 2.86. The minimum absolute atomic E-state index is 0.253. The van der Waals surface area contributed by atoms with Crippen LogP contribution in [-0.2, 0) is 29.9 Å². The lowest BCUT2D eigenvalue weighted by atomic mass is 10.2. The van der Waals surface area contributed by atoms with E-state index in [1.165, 1.54) is 0 Å². The first-order chi connectivity index (χ1) is 14.4. The average molecular weight is 595 g/mol. The molecule has 34 heavy (non-hydrogen) atoms. The molecule has 24 heteroatoms. The monoisotopic (exact) mass is 595 g/mol. The van der Waals surface area contributed by atoms with Crippen LogP contribution in [0.3, 0.4) is 0 Å². The van der Waals surface area contributed by atoms with Crippen LogP contribution in [0.15, 0.2) is 0 Å². The van der Waals surface area contributed by atoms with E-state index >= 15 is 0 Å². The van der Waals surface area contributed by atoms with Crippen molar-refractivity contribution >= 4 is 29.9 Å². The quantitative estimate of drug-likeness (QED) is 0.294. The second kappa shape index (κ2) is 8.77. The Hall–Kier alpha value is -1.11. The van der Waals surface area contributed by atoms with Gasteiger partial charge in [0.2, 0.25) is 20.0 Å². The van der Waals surface area contributed by atoms with Gasteiger partial charge in [-0.25, -0.2) is 33.9 Å². The van der Waals surface area contributed by atoms with Gasteiger partial charge in [-0.05, 0) is 0 Å². The fourth-order valence-corrected chi connectivity index (χ4v) is 9.89. The summed E-state index contributed by atoms with van der Waals surface area (Å²) in [7, 11) is -19.7. The number of hydrogen-bond donors (Lipinski definition) is 0. The molecule has 0 N–H and O–H groups in total. The second-order valence-electron chi connectivity index (χ2n) is 6.39. The van der Waals surface area contributed by atoms with Gasteiger partial charge in [-0.1, -0.05) is 4.90 Å². The highest BCUT2D eigenvalue weighted by Crippen LogP contribution is 2.56. The lowest BCUT2D eigenvalue weighted by Crippen LogP contribution is -2.71. The van der Waals surface area contributed by atoms with Crippen molar-refractivity contribution in [3.05, 3.63) is 0 Å². The molecule has 0 aromatic carbocycles. The summed E-state index contributed by atoms with van der Waals surface area (Å²) in [6, 6.07) is -8.16. The molecule has 0 saturated heterocycles. The predicted molar refractivity (Wildman–Crippen MR) is 86.7 cm³/mol. The Bertz CT molecular complexity index is 1030. The third-order valence-electron chi connectivity index (χ3n) is 3.65. The molecular formula is C10H13F12N3O6S3.